The number of allylic oxidation sites excluding steroid dienone is 1. The van der Waals surface area contributed by atoms with E-state index in [0.29, 0.717) is 41.5 Å². The summed E-state index contributed by atoms with van der Waals surface area (Å²) in [6, 6.07) is 7.56. The fourth-order valence-corrected chi connectivity index (χ4v) is 5.72. The predicted molar refractivity (Wildman–Crippen MR) is 124 cm³/mol. The summed E-state index contributed by atoms with van der Waals surface area (Å²) in [7, 11) is 1.60. The molecule has 1 aliphatic carbocycles. The molecule has 8 nitrogen and oxygen atoms in total. The van der Waals surface area contributed by atoms with Crippen LogP contribution in [0.25, 0.3) is 5.57 Å². The van der Waals surface area contributed by atoms with Gasteiger partial charge in [0.05, 0.1) is 18.0 Å². The Kier molecular flexibility index (Phi) is 8.19. The number of hydrogen-bond donors (Lipinski definition) is 3. The molecule has 0 aliphatic heterocycles. The van der Waals surface area contributed by atoms with Crippen molar-refractivity contribution in [2.45, 2.75) is 25.7 Å². The summed E-state index contributed by atoms with van der Waals surface area (Å²) in [6.45, 7) is 0. The number of anilines is 1. The number of nitrogens with zero attached hydrogens (tertiary/aromatic N) is 1. The number of nitrogen functional groups attached to an aromatic ring is 1. The largest absolute Gasteiger partial charge is 0.497 e. The summed E-state index contributed by atoms with van der Waals surface area (Å²) >= 11 is 9.38. The van der Waals surface area contributed by atoms with Gasteiger partial charge in [-0.3, -0.25) is 9.73 Å². The summed E-state index contributed by atoms with van der Waals surface area (Å²) in [6.07, 6.45) is 2.16. The molecule has 0 radical (unpaired) electrons. The van der Waals surface area contributed by atoms with E-state index in [9.17, 15) is 14.8 Å². The number of rotatable bonds is 10. The van der Waals surface area contributed by atoms with Crippen molar-refractivity contribution >= 4 is 51.4 Å². The molecule has 0 amide bonds. The Morgan fingerprint density at radius 2 is 2.16 bits per heavy atom. The second kappa shape index (κ2) is 10.9. The molecule has 1 atom stereocenters. The predicted octanol–water partition coefficient (Wildman–Crippen LogP) is 4.77. The summed E-state index contributed by atoms with van der Waals surface area (Å²) in [5, 5.41) is 12.9. The molecule has 0 fully saturated rings. The first-order chi connectivity index (χ1) is 15.0. The lowest BCUT2D eigenvalue weighted by atomic mass is 9.84. The second-order valence-corrected chi connectivity index (χ2v) is 9.33. The van der Waals surface area contributed by atoms with E-state index in [2.05, 4.69) is 15.2 Å². The van der Waals surface area contributed by atoms with Gasteiger partial charge in [-0.15, -0.1) is 16.2 Å². The fraction of sp³-hybridized carbons (Fsp3) is 0.350. The lowest BCUT2D eigenvalue weighted by molar-refractivity contribution is -0.142. The highest BCUT2D eigenvalue weighted by atomic mass is 35.5. The highest BCUT2D eigenvalue weighted by Gasteiger charge is 2.30. The van der Waals surface area contributed by atoms with Crippen LogP contribution in [0.15, 0.2) is 34.6 Å². The van der Waals surface area contributed by atoms with Crippen molar-refractivity contribution in [3.63, 3.8) is 0 Å². The summed E-state index contributed by atoms with van der Waals surface area (Å²) in [4.78, 5) is 29.0. The van der Waals surface area contributed by atoms with E-state index in [4.69, 9.17) is 22.1 Å². The minimum absolute atomic E-state index is 0.392. The van der Waals surface area contributed by atoms with Crippen molar-refractivity contribution in [3.05, 3.63) is 55.8 Å². The van der Waals surface area contributed by atoms with Crippen molar-refractivity contribution in [1.29, 1.82) is 0 Å². The van der Waals surface area contributed by atoms with Crippen LogP contribution < -0.4 is 15.4 Å². The third kappa shape index (κ3) is 5.51. The Morgan fingerprint density at radius 3 is 2.81 bits per heavy atom. The Balaban J connectivity index is 1.99. The number of halogens is 1. The molecule has 11 heteroatoms. The van der Waals surface area contributed by atoms with Gasteiger partial charge in [0, 0.05) is 26.8 Å². The van der Waals surface area contributed by atoms with Crippen LogP contribution in [0.4, 0.5) is 5.00 Å². The lowest BCUT2D eigenvalue weighted by Crippen LogP contribution is -2.21. The van der Waals surface area contributed by atoms with Crippen LogP contribution in [-0.4, -0.2) is 23.9 Å². The SMILES string of the molecule is COc1ccc(/C(=C(\Cl)CCSNON=O)c2c(N)sc3c2CCC(C(=O)O)C3)cc1. The maximum absolute atomic E-state index is 11.5. The van der Waals surface area contributed by atoms with Crippen LogP contribution in [0, 0.1) is 10.8 Å². The van der Waals surface area contributed by atoms with Gasteiger partial charge in [-0.1, -0.05) is 28.6 Å². The summed E-state index contributed by atoms with van der Waals surface area (Å²) in [5.74, 6) is 0.0828. The van der Waals surface area contributed by atoms with Crippen molar-refractivity contribution in [2.24, 2.45) is 11.3 Å². The number of aliphatic carboxylic acids is 1. The zero-order chi connectivity index (χ0) is 22.4. The molecule has 0 spiro atoms. The van der Waals surface area contributed by atoms with Gasteiger partial charge in [0.2, 0.25) is 0 Å². The number of hydrogen-bond acceptors (Lipinski definition) is 9. The Bertz CT molecular complexity index is 978. The Labute approximate surface area is 192 Å². The van der Waals surface area contributed by atoms with E-state index < -0.39 is 11.9 Å². The molecule has 0 saturated heterocycles. The number of thiophene rings is 1. The number of nitrogens with two attached hydrogens (primary N) is 1. The van der Waals surface area contributed by atoms with E-state index in [1.807, 2.05) is 24.3 Å². The van der Waals surface area contributed by atoms with E-state index in [1.54, 1.807) is 7.11 Å². The highest BCUT2D eigenvalue weighted by molar-refractivity contribution is 7.97. The number of benzene rings is 1. The van der Waals surface area contributed by atoms with Gasteiger partial charge in [0.1, 0.15) is 5.75 Å². The molecule has 4 N–H and O–H groups in total. The van der Waals surface area contributed by atoms with Crippen LogP contribution >= 0.6 is 34.9 Å². The second-order valence-electron chi connectivity index (χ2n) is 6.88. The average Bonchev–Trinajstić information content (AvgIpc) is 3.09. The molecule has 3 rings (SSSR count). The van der Waals surface area contributed by atoms with Crippen molar-refractivity contribution < 1.29 is 19.6 Å². The third-order valence-electron chi connectivity index (χ3n) is 5.10. The van der Waals surface area contributed by atoms with E-state index >= 15 is 0 Å². The molecule has 1 heterocycles. The molecular weight excluding hydrogens is 462 g/mol. The van der Waals surface area contributed by atoms with Crippen LogP contribution in [0.3, 0.4) is 0 Å². The molecule has 1 aromatic carbocycles. The zero-order valence-corrected chi connectivity index (χ0v) is 19.1. The Morgan fingerprint density at radius 1 is 1.42 bits per heavy atom. The van der Waals surface area contributed by atoms with Crippen LogP contribution in [0.2, 0.25) is 0 Å². The summed E-state index contributed by atoms with van der Waals surface area (Å²) in [5.41, 5.74) is 10.1. The van der Waals surface area contributed by atoms with Crippen LogP contribution in [0.5, 0.6) is 5.75 Å². The molecule has 0 saturated carbocycles. The van der Waals surface area contributed by atoms with Gasteiger partial charge >= 0.3 is 5.97 Å². The quantitative estimate of drug-likeness (QED) is 0.191. The maximum atomic E-state index is 11.5. The molecule has 1 aromatic heterocycles. The number of carboxylic acid groups (broad SMARTS) is 1. The topological polar surface area (TPSA) is 123 Å². The fourth-order valence-electron chi connectivity index (χ4n) is 3.64. The van der Waals surface area contributed by atoms with Crippen molar-refractivity contribution in [3.8, 4) is 5.75 Å². The minimum Gasteiger partial charge on any atom is -0.497 e. The smallest absolute Gasteiger partial charge is 0.306 e. The molecule has 166 valence electrons. The van der Waals surface area contributed by atoms with E-state index in [-0.39, 0.29) is 0 Å². The number of ether oxygens (including phenoxy) is 1. The number of carbonyl (C=O) groups is 1. The molecule has 1 aliphatic rings. The maximum Gasteiger partial charge on any atom is 0.306 e. The molecule has 31 heavy (non-hydrogen) atoms. The van der Waals surface area contributed by atoms with Gasteiger partial charge in [-0.25, -0.2) is 0 Å². The van der Waals surface area contributed by atoms with Gasteiger partial charge in [-0.2, -0.15) is 0 Å². The van der Waals surface area contributed by atoms with Gasteiger partial charge in [0.15, 0.2) is 5.34 Å². The molecule has 0 bridgehead atoms. The zero-order valence-electron chi connectivity index (χ0n) is 16.7. The first-order valence-electron chi connectivity index (χ1n) is 9.48. The van der Waals surface area contributed by atoms with Crippen molar-refractivity contribution in [1.82, 2.24) is 4.89 Å². The number of fused-ring (bicyclic) bond motifs is 1. The van der Waals surface area contributed by atoms with Crippen LogP contribution in [0.1, 0.15) is 34.4 Å². The molecular formula is C20H22ClN3O5S2. The summed E-state index contributed by atoms with van der Waals surface area (Å²) < 4.78 is 5.26. The van der Waals surface area contributed by atoms with Gasteiger partial charge in [-0.05, 0) is 60.9 Å². The van der Waals surface area contributed by atoms with Crippen LogP contribution in [-0.2, 0) is 22.6 Å². The highest BCUT2D eigenvalue weighted by Crippen LogP contribution is 2.45. The first-order valence-corrected chi connectivity index (χ1v) is 11.7. The van der Waals surface area contributed by atoms with Gasteiger partial charge < -0.3 is 15.6 Å². The normalized spacial score (nSPS) is 16.3. The molecule has 1 unspecified atom stereocenters. The molecule has 2 aromatic rings. The number of methoxy groups -OCH3 is 1. The minimum atomic E-state index is -0.778. The standard InChI is InChI=1S/C20H22ClN3O5S2/c1-28-13-5-2-11(3-6-13)17(15(21)8-9-30-24-29-23-27)18-14-7-4-12(20(25)26)10-16(14)31-19(18)22/h2-3,5-6,12,24H,4,7-10,22H2,1H3,(H,25,26)/b17-15+. The van der Waals surface area contributed by atoms with E-state index in [0.717, 1.165) is 44.8 Å². The first kappa shape index (κ1) is 23.4. The Hall–Kier alpha value is -2.27. The number of nitrogens with one attached hydrogen (secondary N) is 1. The van der Waals surface area contributed by atoms with Crippen molar-refractivity contribution in [2.75, 3.05) is 18.6 Å². The van der Waals surface area contributed by atoms with Gasteiger partial charge in [0.25, 0.3) is 0 Å². The van der Waals surface area contributed by atoms with E-state index in [1.165, 1.54) is 11.3 Å². The lowest BCUT2D eigenvalue weighted by Gasteiger charge is -2.21. The number of carboxylic acids is 1. The monoisotopic (exact) mass is 483 g/mol. The average molecular weight is 484 g/mol. The third-order valence-corrected chi connectivity index (χ3v) is 7.16.